The largest absolute Gasteiger partial charge is 0.468 e. The second-order valence-corrected chi connectivity index (χ2v) is 6.84. The molecule has 0 aliphatic carbocycles. The Balaban J connectivity index is 1.49. The number of hydrogen-bond acceptors (Lipinski definition) is 4. The molecule has 23 heavy (non-hydrogen) atoms. The van der Waals surface area contributed by atoms with Crippen molar-refractivity contribution in [1.29, 1.82) is 0 Å². The van der Waals surface area contributed by atoms with Gasteiger partial charge >= 0.3 is 6.03 Å². The summed E-state index contributed by atoms with van der Waals surface area (Å²) in [7, 11) is 3.98. The molecule has 3 atom stereocenters. The predicted octanol–water partition coefficient (Wildman–Crippen LogP) is 1.81. The number of nitrogens with zero attached hydrogens (tertiary/aromatic N) is 2. The molecule has 2 saturated heterocycles. The van der Waals surface area contributed by atoms with Gasteiger partial charge in [-0.15, -0.1) is 0 Å². The van der Waals surface area contributed by atoms with Crippen LogP contribution in [0.3, 0.4) is 0 Å². The maximum Gasteiger partial charge on any atom is 0.315 e. The average molecular weight is 320 g/mol. The first-order valence-electron chi connectivity index (χ1n) is 8.63. The third-order valence-corrected chi connectivity index (χ3v) is 5.12. The zero-order valence-corrected chi connectivity index (χ0v) is 14.1. The molecule has 1 aromatic rings. The minimum atomic E-state index is -0.0687. The molecule has 0 radical (unpaired) electrons. The first-order valence-corrected chi connectivity index (χ1v) is 8.63. The summed E-state index contributed by atoms with van der Waals surface area (Å²) in [6.45, 7) is 2.83. The lowest BCUT2D eigenvalue weighted by atomic mass is 9.99. The van der Waals surface area contributed by atoms with Crippen molar-refractivity contribution in [3.8, 4) is 0 Å². The van der Waals surface area contributed by atoms with E-state index in [0.717, 1.165) is 18.7 Å². The van der Waals surface area contributed by atoms with Crippen LogP contribution in [0.5, 0.6) is 0 Å². The standard InChI is InChI=1S/C17H28N4O2/c1-20(2)15(16-7-5-11-23-16)12-18-17(22)19-13-8-10-21-9-4-3-6-14(13)21/h5,7,11,13-15H,3-4,6,8-10,12H2,1-2H3,(H2,18,19,22). The summed E-state index contributed by atoms with van der Waals surface area (Å²) in [5.74, 6) is 0.870. The van der Waals surface area contributed by atoms with Gasteiger partial charge in [-0.25, -0.2) is 4.79 Å². The van der Waals surface area contributed by atoms with Gasteiger partial charge in [0.15, 0.2) is 0 Å². The SMILES string of the molecule is CN(C)C(CNC(=O)NC1CCN2CCCCC12)c1ccco1. The summed E-state index contributed by atoms with van der Waals surface area (Å²) in [6, 6.07) is 4.62. The van der Waals surface area contributed by atoms with Crippen molar-refractivity contribution in [2.45, 2.75) is 43.8 Å². The van der Waals surface area contributed by atoms with Gasteiger partial charge in [0.1, 0.15) is 5.76 Å². The summed E-state index contributed by atoms with van der Waals surface area (Å²) < 4.78 is 5.47. The van der Waals surface area contributed by atoms with Crippen LogP contribution in [0.25, 0.3) is 0 Å². The molecule has 2 fully saturated rings. The summed E-state index contributed by atoms with van der Waals surface area (Å²) in [4.78, 5) is 16.9. The second kappa shape index (κ2) is 7.36. The molecule has 2 amide bonds. The molecule has 0 saturated carbocycles. The lowest BCUT2D eigenvalue weighted by Gasteiger charge is -2.32. The summed E-state index contributed by atoms with van der Waals surface area (Å²) in [5, 5.41) is 6.18. The van der Waals surface area contributed by atoms with Gasteiger partial charge in [0.25, 0.3) is 0 Å². The van der Waals surface area contributed by atoms with E-state index in [1.54, 1.807) is 6.26 Å². The minimum absolute atomic E-state index is 0.0468. The molecule has 1 aromatic heterocycles. The van der Waals surface area contributed by atoms with Gasteiger partial charge in [-0.3, -0.25) is 9.80 Å². The Hall–Kier alpha value is -1.53. The van der Waals surface area contributed by atoms with Crippen LogP contribution in [-0.4, -0.2) is 61.6 Å². The van der Waals surface area contributed by atoms with Gasteiger partial charge in [0.05, 0.1) is 12.3 Å². The van der Waals surface area contributed by atoms with Crippen molar-refractivity contribution in [3.05, 3.63) is 24.2 Å². The molecule has 2 aliphatic heterocycles. The Morgan fingerprint density at radius 1 is 1.39 bits per heavy atom. The number of furan rings is 1. The van der Waals surface area contributed by atoms with Crippen LogP contribution in [0.4, 0.5) is 4.79 Å². The molecule has 128 valence electrons. The van der Waals surface area contributed by atoms with Crippen molar-refractivity contribution in [2.75, 3.05) is 33.7 Å². The lowest BCUT2D eigenvalue weighted by molar-refractivity contribution is 0.178. The number of amides is 2. The van der Waals surface area contributed by atoms with Gasteiger partial charge in [-0.05, 0) is 52.0 Å². The van der Waals surface area contributed by atoms with Gasteiger partial charge < -0.3 is 15.1 Å². The highest BCUT2D eigenvalue weighted by Crippen LogP contribution is 2.27. The fourth-order valence-electron chi connectivity index (χ4n) is 3.84. The smallest absolute Gasteiger partial charge is 0.315 e. The number of hydrogen-bond donors (Lipinski definition) is 2. The van der Waals surface area contributed by atoms with Gasteiger partial charge in [0.2, 0.25) is 0 Å². The number of carbonyl (C=O) groups excluding carboxylic acids is 1. The van der Waals surface area contributed by atoms with Crippen molar-refractivity contribution in [1.82, 2.24) is 20.4 Å². The van der Waals surface area contributed by atoms with E-state index in [4.69, 9.17) is 4.42 Å². The average Bonchev–Trinajstić information content (AvgIpc) is 3.18. The highest BCUT2D eigenvalue weighted by Gasteiger charge is 2.36. The molecule has 3 heterocycles. The molecule has 2 aliphatic rings. The van der Waals surface area contributed by atoms with Crippen molar-refractivity contribution >= 4 is 6.03 Å². The normalized spacial score (nSPS) is 26.0. The zero-order valence-electron chi connectivity index (χ0n) is 14.1. The molecular formula is C17H28N4O2. The monoisotopic (exact) mass is 320 g/mol. The summed E-state index contributed by atoms with van der Waals surface area (Å²) in [5.41, 5.74) is 0. The molecule has 3 rings (SSSR count). The Bertz CT molecular complexity index is 503. The fraction of sp³-hybridized carbons (Fsp3) is 0.706. The molecule has 3 unspecified atom stereocenters. The quantitative estimate of drug-likeness (QED) is 0.869. The minimum Gasteiger partial charge on any atom is -0.468 e. The van der Waals surface area contributed by atoms with E-state index in [2.05, 4.69) is 20.4 Å². The van der Waals surface area contributed by atoms with Crippen LogP contribution in [0.15, 0.2) is 22.8 Å². The predicted molar refractivity (Wildman–Crippen MR) is 89.3 cm³/mol. The van der Waals surface area contributed by atoms with Crippen LogP contribution >= 0.6 is 0 Å². The van der Waals surface area contributed by atoms with Crippen molar-refractivity contribution < 1.29 is 9.21 Å². The molecule has 6 nitrogen and oxygen atoms in total. The van der Waals surface area contributed by atoms with Gasteiger partial charge in [-0.1, -0.05) is 6.42 Å². The molecule has 0 aromatic carbocycles. The third kappa shape index (κ3) is 3.87. The molecule has 0 bridgehead atoms. The molecule has 0 spiro atoms. The number of carbonyl (C=O) groups is 1. The van der Waals surface area contributed by atoms with Crippen LogP contribution in [0.1, 0.15) is 37.5 Å². The first-order chi connectivity index (χ1) is 11.1. The highest BCUT2D eigenvalue weighted by atomic mass is 16.3. The number of rotatable bonds is 5. The molecular weight excluding hydrogens is 292 g/mol. The topological polar surface area (TPSA) is 60.8 Å². The summed E-state index contributed by atoms with van der Waals surface area (Å²) >= 11 is 0. The summed E-state index contributed by atoms with van der Waals surface area (Å²) in [6.07, 6.45) is 6.51. The van der Waals surface area contributed by atoms with Crippen LogP contribution < -0.4 is 10.6 Å². The van der Waals surface area contributed by atoms with Gasteiger partial charge in [-0.2, -0.15) is 0 Å². The number of fused-ring (bicyclic) bond motifs is 1. The number of urea groups is 1. The maximum atomic E-state index is 12.3. The van der Waals surface area contributed by atoms with Crippen molar-refractivity contribution in [2.24, 2.45) is 0 Å². The van der Waals surface area contributed by atoms with Crippen molar-refractivity contribution in [3.63, 3.8) is 0 Å². The Morgan fingerprint density at radius 3 is 3.00 bits per heavy atom. The van der Waals surface area contributed by atoms with E-state index in [-0.39, 0.29) is 18.1 Å². The number of piperidine rings is 1. The van der Waals surface area contributed by atoms with E-state index >= 15 is 0 Å². The third-order valence-electron chi connectivity index (χ3n) is 5.12. The highest BCUT2D eigenvalue weighted by molar-refractivity contribution is 5.74. The maximum absolute atomic E-state index is 12.3. The Morgan fingerprint density at radius 2 is 2.26 bits per heavy atom. The zero-order chi connectivity index (χ0) is 16.2. The van der Waals surface area contributed by atoms with Crippen LogP contribution in [0, 0.1) is 0 Å². The van der Waals surface area contributed by atoms with E-state index in [1.165, 1.54) is 25.8 Å². The Labute approximate surface area is 138 Å². The van der Waals surface area contributed by atoms with Crippen LogP contribution in [0.2, 0.25) is 0 Å². The van der Waals surface area contributed by atoms with Crippen LogP contribution in [-0.2, 0) is 0 Å². The second-order valence-electron chi connectivity index (χ2n) is 6.84. The number of nitrogens with one attached hydrogen (secondary N) is 2. The van der Waals surface area contributed by atoms with E-state index in [1.807, 2.05) is 26.2 Å². The van der Waals surface area contributed by atoms with E-state index < -0.39 is 0 Å². The first kappa shape index (κ1) is 16.3. The van der Waals surface area contributed by atoms with Gasteiger partial charge in [0, 0.05) is 25.2 Å². The number of likely N-dealkylation sites (N-methyl/N-ethyl adjacent to an activating group) is 1. The lowest BCUT2D eigenvalue weighted by Crippen LogP contribution is -2.50. The fourth-order valence-corrected chi connectivity index (χ4v) is 3.84. The van der Waals surface area contributed by atoms with E-state index in [9.17, 15) is 4.79 Å². The molecule has 6 heteroatoms. The van der Waals surface area contributed by atoms with E-state index in [0.29, 0.717) is 12.6 Å². The Kier molecular flexibility index (Phi) is 5.23. The molecule has 2 N–H and O–H groups in total.